The molecule has 0 radical (unpaired) electrons. The maximum absolute atomic E-state index is 11.9. The van der Waals surface area contributed by atoms with Crippen LogP contribution in [-0.4, -0.2) is 15.7 Å². The van der Waals surface area contributed by atoms with Crippen LogP contribution in [0, 0.1) is 0 Å². The summed E-state index contributed by atoms with van der Waals surface area (Å²) in [5, 5.41) is 4.26. The number of aromatic nitrogens is 2. The van der Waals surface area contributed by atoms with Crippen molar-refractivity contribution in [1.29, 1.82) is 0 Å². The first kappa shape index (κ1) is 12.4. The third-order valence-corrected chi connectivity index (χ3v) is 2.69. The SMILES string of the molecule is Cn1cc(COC(=O)c2c(N)cccc2Cl)cn1. The van der Waals surface area contributed by atoms with Crippen LogP contribution in [0.2, 0.25) is 5.02 Å². The maximum atomic E-state index is 11.9. The predicted molar refractivity (Wildman–Crippen MR) is 68.2 cm³/mol. The van der Waals surface area contributed by atoms with E-state index in [1.165, 1.54) is 0 Å². The highest BCUT2D eigenvalue weighted by atomic mass is 35.5. The molecule has 1 aromatic carbocycles. The summed E-state index contributed by atoms with van der Waals surface area (Å²) in [6.45, 7) is 0.136. The van der Waals surface area contributed by atoms with Gasteiger partial charge in [0.05, 0.1) is 11.2 Å². The summed E-state index contributed by atoms with van der Waals surface area (Å²) in [5.41, 5.74) is 7.00. The molecule has 2 aromatic rings. The van der Waals surface area contributed by atoms with E-state index in [-0.39, 0.29) is 17.2 Å². The molecule has 5 nitrogen and oxygen atoms in total. The molecule has 94 valence electrons. The maximum Gasteiger partial charge on any atom is 0.342 e. The number of nitrogen functional groups attached to an aromatic ring is 1. The molecule has 0 aliphatic rings. The van der Waals surface area contributed by atoms with Crippen LogP contribution in [0.15, 0.2) is 30.6 Å². The molecular weight excluding hydrogens is 254 g/mol. The lowest BCUT2D eigenvalue weighted by molar-refractivity contribution is 0.0474. The van der Waals surface area contributed by atoms with E-state index in [1.807, 2.05) is 0 Å². The van der Waals surface area contributed by atoms with Gasteiger partial charge < -0.3 is 10.5 Å². The first-order valence-corrected chi connectivity index (χ1v) is 5.64. The molecule has 18 heavy (non-hydrogen) atoms. The van der Waals surface area contributed by atoms with Crippen LogP contribution in [-0.2, 0) is 18.4 Å². The lowest BCUT2D eigenvalue weighted by Gasteiger charge is -2.07. The quantitative estimate of drug-likeness (QED) is 0.681. The number of halogens is 1. The van der Waals surface area contributed by atoms with E-state index in [0.717, 1.165) is 5.56 Å². The topological polar surface area (TPSA) is 70.1 Å². The van der Waals surface area contributed by atoms with Crippen molar-refractivity contribution in [3.63, 3.8) is 0 Å². The van der Waals surface area contributed by atoms with E-state index in [4.69, 9.17) is 22.1 Å². The predicted octanol–water partition coefficient (Wildman–Crippen LogP) is 2.01. The summed E-state index contributed by atoms with van der Waals surface area (Å²) in [5.74, 6) is -0.540. The average molecular weight is 266 g/mol. The Morgan fingerprint density at radius 2 is 2.33 bits per heavy atom. The zero-order valence-corrected chi connectivity index (χ0v) is 10.5. The smallest absolute Gasteiger partial charge is 0.342 e. The van der Waals surface area contributed by atoms with Crippen molar-refractivity contribution >= 4 is 23.3 Å². The number of ether oxygens (including phenoxy) is 1. The monoisotopic (exact) mass is 265 g/mol. The second-order valence-electron chi connectivity index (χ2n) is 3.80. The third kappa shape index (κ3) is 2.62. The minimum Gasteiger partial charge on any atom is -0.457 e. The Morgan fingerprint density at radius 1 is 1.56 bits per heavy atom. The number of carbonyl (C=O) groups excluding carboxylic acids is 1. The number of aryl methyl sites for hydroxylation is 1. The van der Waals surface area contributed by atoms with Crippen LogP contribution < -0.4 is 5.73 Å². The van der Waals surface area contributed by atoms with Gasteiger partial charge in [0.2, 0.25) is 0 Å². The van der Waals surface area contributed by atoms with Crippen LogP contribution in [0.3, 0.4) is 0 Å². The molecule has 0 unspecified atom stereocenters. The van der Waals surface area contributed by atoms with Crippen molar-refractivity contribution in [2.75, 3.05) is 5.73 Å². The molecule has 2 rings (SSSR count). The fourth-order valence-electron chi connectivity index (χ4n) is 1.52. The molecule has 0 bridgehead atoms. The van der Waals surface area contributed by atoms with Gasteiger partial charge >= 0.3 is 5.97 Å². The van der Waals surface area contributed by atoms with Crippen LogP contribution in [0.1, 0.15) is 15.9 Å². The first-order valence-electron chi connectivity index (χ1n) is 5.26. The summed E-state index contributed by atoms with van der Waals surface area (Å²) < 4.78 is 6.76. The fraction of sp³-hybridized carbons (Fsp3) is 0.167. The normalized spacial score (nSPS) is 10.3. The third-order valence-electron chi connectivity index (χ3n) is 2.38. The van der Waals surface area contributed by atoms with Gasteiger partial charge in [-0.1, -0.05) is 17.7 Å². The minimum atomic E-state index is -0.540. The zero-order chi connectivity index (χ0) is 13.1. The lowest BCUT2D eigenvalue weighted by Crippen LogP contribution is -2.08. The highest BCUT2D eigenvalue weighted by Gasteiger charge is 2.15. The van der Waals surface area contributed by atoms with Gasteiger partial charge in [-0.25, -0.2) is 4.79 Å². The first-order chi connectivity index (χ1) is 8.58. The molecule has 0 saturated carbocycles. The average Bonchev–Trinajstić information content (AvgIpc) is 2.72. The number of nitrogens with zero attached hydrogens (tertiary/aromatic N) is 2. The fourth-order valence-corrected chi connectivity index (χ4v) is 1.78. The summed E-state index contributed by atoms with van der Waals surface area (Å²) in [6, 6.07) is 4.88. The van der Waals surface area contributed by atoms with E-state index >= 15 is 0 Å². The van der Waals surface area contributed by atoms with Crippen molar-refractivity contribution < 1.29 is 9.53 Å². The van der Waals surface area contributed by atoms with Gasteiger partial charge in [0.15, 0.2) is 0 Å². The van der Waals surface area contributed by atoms with Gasteiger partial charge in [-0.05, 0) is 12.1 Å². The van der Waals surface area contributed by atoms with E-state index in [0.29, 0.717) is 5.69 Å². The molecule has 6 heteroatoms. The number of hydrogen-bond donors (Lipinski definition) is 1. The molecule has 0 aliphatic carbocycles. The van der Waals surface area contributed by atoms with Gasteiger partial charge in [0.25, 0.3) is 0 Å². The van der Waals surface area contributed by atoms with Gasteiger partial charge in [-0.3, -0.25) is 4.68 Å². The minimum absolute atomic E-state index is 0.136. The number of hydrogen-bond acceptors (Lipinski definition) is 4. The largest absolute Gasteiger partial charge is 0.457 e. The Kier molecular flexibility index (Phi) is 3.53. The molecule has 0 aliphatic heterocycles. The number of carbonyl (C=O) groups is 1. The van der Waals surface area contributed by atoms with Gasteiger partial charge in [0.1, 0.15) is 12.2 Å². The summed E-state index contributed by atoms with van der Waals surface area (Å²) in [6.07, 6.45) is 3.40. The number of benzene rings is 1. The van der Waals surface area contributed by atoms with Crippen LogP contribution in [0.5, 0.6) is 0 Å². The van der Waals surface area contributed by atoms with Crippen molar-refractivity contribution in [3.05, 3.63) is 46.7 Å². The number of esters is 1. The van der Waals surface area contributed by atoms with E-state index in [1.54, 1.807) is 42.3 Å². The van der Waals surface area contributed by atoms with Crippen molar-refractivity contribution in [1.82, 2.24) is 9.78 Å². The Bertz CT molecular complexity index is 560. The summed E-state index contributed by atoms with van der Waals surface area (Å²) in [4.78, 5) is 11.9. The van der Waals surface area contributed by atoms with Crippen LogP contribution >= 0.6 is 11.6 Å². The molecule has 1 aromatic heterocycles. The summed E-state index contributed by atoms with van der Waals surface area (Å²) in [7, 11) is 1.79. The standard InChI is InChI=1S/C12H12ClN3O2/c1-16-6-8(5-15-16)7-18-12(17)11-9(13)3-2-4-10(11)14/h2-6H,7,14H2,1H3. The molecule has 0 fully saturated rings. The molecule has 2 N–H and O–H groups in total. The Hall–Kier alpha value is -2.01. The lowest BCUT2D eigenvalue weighted by atomic mass is 10.2. The summed E-state index contributed by atoms with van der Waals surface area (Å²) >= 11 is 5.91. The van der Waals surface area contributed by atoms with Crippen molar-refractivity contribution in [3.8, 4) is 0 Å². The van der Waals surface area contributed by atoms with E-state index < -0.39 is 5.97 Å². The Morgan fingerprint density at radius 3 is 2.94 bits per heavy atom. The molecule has 1 heterocycles. The molecule has 0 saturated heterocycles. The molecule has 0 spiro atoms. The second-order valence-corrected chi connectivity index (χ2v) is 4.21. The van der Waals surface area contributed by atoms with Crippen LogP contribution in [0.4, 0.5) is 5.69 Å². The van der Waals surface area contributed by atoms with Crippen molar-refractivity contribution in [2.24, 2.45) is 7.05 Å². The van der Waals surface area contributed by atoms with Gasteiger partial charge in [-0.2, -0.15) is 5.10 Å². The van der Waals surface area contributed by atoms with E-state index in [2.05, 4.69) is 5.10 Å². The molecule has 0 atom stereocenters. The van der Waals surface area contributed by atoms with Gasteiger partial charge in [-0.15, -0.1) is 0 Å². The second kappa shape index (κ2) is 5.10. The van der Waals surface area contributed by atoms with Crippen LogP contribution in [0.25, 0.3) is 0 Å². The molecule has 0 amide bonds. The zero-order valence-electron chi connectivity index (χ0n) is 9.76. The number of rotatable bonds is 3. The van der Waals surface area contributed by atoms with E-state index in [9.17, 15) is 4.79 Å². The number of nitrogens with two attached hydrogens (primary N) is 1. The Labute approximate surface area is 109 Å². The molecular formula is C12H12ClN3O2. The van der Waals surface area contributed by atoms with Gasteiger partial charge in [0, 0.05) is 24.5 Å². The highest BCUT2D eigenvalue weighted by Crippen LogP contribution is 2.23. The Balaban J connectivity index is 2.08. The number of anilines is 1. The van der Waals surface area contributed by atoms with Crippen molar-refractivity contribution in [2.45, 2.75) is 6.61 Å². The highest BCUT2D eigenvalue weighted by molar-refractivity contribution is 6.34.